The lowest BCUT2D eigenvalue weighted by molar-refractivity contribution is -0.178. The number of nitrogens with zero attached hydrogens (tertiary/aromatic N) is 4. The van der Waals surface area contributed by atoms with Crippen molar-refractivity contribution in [1.29, 1.82) is 0 Å². The number of hydrogen-bond donors (Lipinski definition) is 7. The van der Waals surface area contributed by atoms with E-state index in [-0.39, 0.29) is 17.0 Å². The Balaban J connectivity index is 2.16. The number of amides is 2. The first kappa shape index (κ1) is 23.3. The van der Waals surface area contributed by atoms with Crippen molar-refractivity contribution in [2.75, 3.05) is 18.2 Å². The molecule has 6 atom stereocenters. The van der Waals surface area contributed by atoms with Crippen LogP contribution in [0.4, 0.5) is 5.82 Å². The SMILES string of the molecule is CS[C@@]1(O)[C@H](O)[C@@H](CO)O[C@@]1(C(N)=O)n1cnc2c(NC(=O)C(N)C(C)O)ncnc21. The molecule has 0 aliphatic carbocycles. The van der Waals surface area contributed by atoms with Crippen molar-refractivity contribution in [2.24, 2.45) is 11.5 Å². The molecule has 0 saturated carbocycles. The fraction of sp³-hybridized carbons (Fsp3) is 0.562. The van der Waals surface area contributed by atoms with Gasteiger partial charge >= 0.3 is 0 Å². The molecule has 2 aromatic heterocycles. The number of aliphatic hydroxyl groups is 4. The molecule has 0 bridgehead atoms. The van der Waals surface area contributed by atoms with Gasteiger partial charge in [0, 0.05) is 0 Å². The number of thioether (sulfide) groups is 1. The zero-order valence-corrected chi connectivity index (χ0v) is 17.4. The number of fused-ring (bicyclic) bond motifs is 1. The predicted octanol–water partition coefficient (Wildman–Crippen LogP) is -3.59. The molecule has 0 aromatic carbocycles. The highest BCUT2D eigenvalue weighted by Crippen LogP contribution is 2.50. The van der Waals surface area contributed by atoms with Crippen molar-refractivity contribution in [3.05, 3.63) is 12.7 Å². The summed E-state index contributed by atoms with van der Waals surface area (Å²) in [6, 6.07) is -1.25. The predicted molar refractivity (Wildman–Crippen MR) is 107 cm³/mol. The Morgan fingerprint density at radius 2 is 2.10 bits per heavy atom. The second-order valence-corrected chi connectivity index (χ2v) is 7.99. The maximum atomic E-state index is 12.6. The molecule has 2 aromatic rings. The molecule has 3 rings (SSSR count). The third kappa shape index (κ3) is 3.34. The minimum Gasteiger partial charge on any atom is -0.394 e. The van der Waals surface area contributed by atoms with Crippen molar-refractivity contribution in [3.8, 4) is 0 Å². The van der Waals surface area contributed by atoms with Gasteiger partial charge in [0.15, 0.2) is 21.9 Å². The quantitative estimate of drug-likeness (QED) is 0.200. The molecule has 9 N–H and O–H groups in total. The Morgan fingerprint density at radius 1 is 1.42 bits per heavy atom. The standard InChI is InChI=1S/C16H23N7O7S/c1-6(25)8(17)13(27)22-11-9-12(20-4-19-11)23(5-21-9)15(14(18)28)16(29,31-2)10(26)7(3-24)30-15/h4-8,10,24-26,29H,3,17H2,1-2H3,(H2,18,28)(H,19,20,22,27)/t6?,7-,8?,10-,15-,16+/m1/s1. The highest BCUT2D eigenvalue weighted by atomic mass is 32.2. The molecule has 1 saturated heterocycles. The van der Waals surface area contributed by atoms with Gasteiger partial charge < -0.3 is 41.9 Å². The zero-order valence-electron chi connectivity index (χ0n) is 16.5. The second-order valence-electron chi connectivity index (χ2n) is 6.96. The molecule has 15 heteroatoms. The Morgan fingerprint density at radius 3 is 2.65 bits per heavy atom. The normalized spacial score (nSPS) is 30.3. The van der Waals surface area contributed by atoms with Gasteiger partial charge in [0.25, 0.3) is 11.6 Å². The number of nitrogens with two attached hydrogens (primary N) is 2. The number of carbonyl (C=O) groups is 2. The number of primary amides is 1. The molecule has 14 nitrogen and oxygen atoms in total. The van der Waals surface area contributed by atoms with E-state index in [4.69, 9.17) is 16.2 Å². The van der Waals surface area contributed by atoms with Crippen LogP contribution in [0.15, 0.2) is 12.7 Å². The monoisotopic (exact) mass is 457 g/mol. The Kier molecular flexibility index (Phi) is 6.21. The summed E-state index contributed by atoms with van der Waals surface area (Å²) in [4.78, 5) is 34.6. The van der Waals surface area contributed by atoms with Gasteiger partial charge in [0.05, 0.1) is 12.7 Å². The van der Waals surface area contributed by atoms with Crippen LogP contribution in [0.3, 0.4) is 0 Å². The fourth-order valence-corrected chi connectivity index (χ4v) is 4.29. The molecule has 1 aliphatic heterocycles. The number of rotatable bonds is 7. The maximum Gasteiger partial charge on any atom is 0.275 e. The van der Waals surface area contributed by atoms with E-state index >= 15 is 0 Å². The molecule has 3 heterocycles. The van der Waals surface area contributed by atoms with E-state index in [1.54, 1.807) is 0 Å². The highest BCUT2D eigenvalue weighted by molar-refractivity contribution is 7.99. The molecule has 2 amide bonds. The summed E-state index contributed by atoms with van der Waals surface area (Å²) in [5.74, 6) is -2.02. The molecular weight excluding hydrogens is 434 g/mol. The largest absolute Gasteiger partial charge is 0.394 e. The molecular formula is C16H23N7O7S. The van der Waals surface area contributed by atoms with Gasteiger partial charge in [-0.05, 0) is 13.2 Å². The lowest BCUT2D eigenvalue weighted by Crippen LogP contribution is -2.61. The summed E-state index contributed by atoms with van der Waals surface area (Å²) in [6.45, 7) is 0.633. The average Bonchev–Trinajstić information content (AvgIpc) is 3.26. The van der Waals surface area contributed by atoms with E-state index < -0.39 is 53.4 Å². The van der Waals surface area contributed by atoms with Crippen molar-refractivity contribution in [2.45, 2.75) is 41.9 Å². The maximum absolute atomic E-state index is 12.6. The smallest absolute Gasteiger partial charge is 0.275 e. The number of nitrogens with one attached hydrogen (secondary N) is 1. The Bertz CT molecular complexity index is 1000. The summed E-state index contributed by atoms with van der Waals surface area (Å²) >= 11 is 0.689. The van der Waals surface area contributed by atoms with Crippen LogP contribution in [-0.2, 0) is 20.1 Å². The third-order valence-corrected chi connectivity index (χ3v) is 6.26. The fourth-order valence-electron chi connectivity index (χ4n) is 3.38. The lowest BCUT2D eigenvalue weighted by atomic mass is 10.0. The van der Waals surface area contributed by atoms with Crippen LogP contribution in [0.5, 0.6) is 0 Å². The number of anilines is 1. The number of hydrogen-bond acceptors (Lipinski definition) is 12. The van der Waals surface area contributed by atoms with Gasteiger partial charge in [0.2, 0.25) is 5.91 Å². The first-order valence-electron chi connectivity index (χ1n) is 9.02. The van der Waals surface area contributed by atoms with Gasteiger partial charge in [-0.3, -0.25) is 14.2 Å². The van der Waals surface area contributed by atoms with E-state index in [0.29, 0.717) is 11.8 Å². The third-order valence-electron chi connectivity index (χ3n) is 5.12. The minimum atomic E-state index is -2.40. The van der Waals surface area contributed by atoms with Crippen molar-refractivity contribution >= 4 is 40.6 Å². The van der Waals surface area contributed by atoms with Crippen LogP contribution >= 0.6 is 11.8 Å². The summed E-state index contributed by atoms with van der Waals surface area (Å²) in [7, 11) is 0. The van der Waals surface area contributed by atoms with E-state index in [1.165, 1.54) is 13.2 Å². The van der Waals surface area contributed by atoms with Crippen LogP contribution in [-0.4, -0.2) is 93.9 Å². The van der Waals surface area contributed by atoms with Gasteiger partial charge in [-0.15, -0.1) is 11.8 Å². The van der Waals surface area contributed by atoms with Crippen molar-refractivity contribution in [3.63, 3.8) is 0 Å². The molecule has 1 aliphatic rings. The van der Waals surface area contributed by atoms with Crippen molar-refractivity contribution < 1.29 is 34.8 Å². The molecule has 1 fully saturated rings. The highest BCUT2D eigenvalue weighted by Gasteiger charge is 2.70. The van der Waals surface area contributed by atoms with Gasteiger partial charge in [-0.2, -0.15) is 0 Å². The van der Waals surface area contributed by atoms with Gasteiger partial charge in [-0.1, -0.05) is 0 Å². The summed E-state index contributed by atoms with van der Waals surface area (Å²) in [6.07, 6.45) is -0.627. The van der Waals surface area contributed by atoms with Gasteiger partial charge in [-0.25, -0.2) is 15.0 Å². The second kappa shape index (κ2) is 8.27. The van der Waals surface area contributed by atoms with E-state index in [0.717, 1.165) is 17.2 Å². The van der Waals surface area contributed by atoms with E-state index in [2.05, 4.69) is 20.3 Å². The minimum absolute atomic E-state index is 0.0109. The Labute approximate surface area is 179 Å². The van der Waals surface area contributed by atoms with Crippen LogP contribution in [0.1, 0.15) is 6.92 Å². The van der Waals surface area contributed by atoms with Crippen LogP contribution < -0.4 is 16.8 Å². The van der Waals surface area contributed by atoms with Crippen LogP contribution in [0, 0.1) is 0 Å². The first-order chi connectivity index (χ1) is 14.5. The van der Waals surface area contributed by atoms with E-state index in [1.807, 2.05) is 0 Å². The molecule has 170 valence electrons. The lowest BCUT2D eigenvalue weighted by Gasteiger charge is -2.38. The Hall–Kier alpha value is -2.40. The summed E-state index contributed by atoms with van der Waals surface area (Å²) < 4.78 is 6.60. The van der Waals surface area contributed by atoms with Crippen LogP contribution in [0.25, 0.3) is 11.2 Å². The number of carbonyl (C=O) groups excluding carboxylic acids is 2. The molecule has 0 spiro atoms. The zero-order chi connectivity index (χ0) is 23.1. The number of imidazole rings is 1. The molecule has 0 radical (unpaired) electrons. The number of aromatic nitrogens is 4. The summed E-state index contributed by atoms with van der Waals surface area (Å²) in [5, 5.41) is 43.2. The number of aliphatic hydroxyl groups excluding tert-OH is 3. The average molecular weight is 457 g/mol. The summed E-state index contributed by atoms with van der Waals surface area (Å²) in [5.41, 5.74) is 8.73. The molecule has 31 heavy (non-hydrogen) atoms. The molecule has 2 unspecified atom stereocenters. The van der Waals surface area contributed by atoms with Crippen molar-refractivity contribution in [1.82, 2.24) is 19.5 Å². The first-order valence-corrected chi connectivity index (χ1v) is 10.2. The van der Waals surface area contributed by atoms with Gasteiger partial charge in [0.1, 0.15) is 30.9 Å². The number of ether oxygens (including phenoxy) is 1. The topological polar surface area (TPSA) is 232 Å². The van der Waals surface area contributed by atoms with Crippen LogP contribution in [0.2, 0.25) is 0 Å². The van der Waals surface area contributed by atoms with E-state index in [9.17, 15) is 30.0 Å².